The molecule has 2 aromatic rings. The summed E-state index contributed by atoms with van der Waals surface area (Å²) in [5.41, 5.74) is 16.3. The lowest BCUT2D eigenvalue weighted by Crippen LogP contribution is -2.20. The Bertz CT molecular complexity index is 2590. The predicted octanol–water partition coefficient (Wildman–Crippen LogP) is 19.8. The molecule has 0 aliphatic carbocycles. The van der Waals surface area contributed by atoms with E-state index in [1.165, 1.54) is 51.0 Å². The van der Waals surface area contributed by atoms with Gasteiger partial charge in [0.15, 0.2) is 34.9 Å². The average Bonchev–Trinajstić information content (AvgIpc) is 3.41. The van der Waals surface area contributed by atoms with Gasteiger partial charge in [0, 0.05) is 25.3 Å². The van der Waals surface area contributed by atoms with Crippen LogP contribution in [0.25, 0.3) is 0 Å². The van der Waals surface area contributed by atoms with E-state index in [4.69, 9.17) is 28.4 Å². The van der Waals surface area contributed by atoms with Gasteiger partial charge in [0.1, 0.15) is 0 Å². The summed E-state index contributed by atoms with van der Waals surface area (Å²) < 4.78 is 62.8. The fourth-order valence-electron chi connectivity index (χ4n) is 9.36. The molecule has 0 heterocycles. The highest BCUT2D eigenvalue weighted by atomic mass is 32.2. The topological polar surface area (TPSA) is 89.5 Å². The fourth-order valence-corrected chi connectivity index (χ4v) is 11.1. The van der Waals surface area contributed by atoms with Crippen molar-refractivity contribution >= 4 is 9.84 Å². The summed E-state index contributed by atoms with van der Waals surface area (Å²) in [6.45, 7) is 28.1. The smallest absolute Gasteiger partial charge is 0.207 e. The lowest BCUT2D eigenvalue weighted by atomic mass is 9.99. The molecule has 0 spiro atoms. The van der Waals surface area contributed by atoms with Gasteiger partial charge in [-0.1, -0.05) is 134 Å². The minimum absolute atomic E-state index is 0.00835. The number of aryl methyl sites for hydroxylation is 1. The van der Waals surface area contributed by atoms with E-state index in [1.54, 1.807) is 40.6 Å². The summed E-state index contributed by atoms with van der Waals surface area (Å²) in [5.74, 6) is 1.70. The molecule has 2 aromatic carbocycles. The van der Waals surface area contributed by atoms with Gasteiger partial charge in [0.25, 0.3) is 0 Å². The number of allylic oxidation sites excluding steroid dienone is 19. The Balaban J connectivity index is 1.95. The van der Waals surface area contributed by atoms with Crippen LogP contribution in [0, 0.1) is 13.8 Å². The first-order valence-electron chi connectivity index (χ1n) is 29.0. The molecule has 0 aliphatic heterocycles. The molecule has 0 saturated carbocycles. The SMILES string of the molecule is COCOc1c(C)c(C/C=C(\C)CC(/C=C(\C)CC/C=C(\C)CC/C=C(\C)CC/C=C(\C)CC/C=C(\C)CC/C=C(\C)CC/C=C(\C)CC/C=C(\C)CCC=C(C)C)S(=O)(=O)c2ccc(C)cc2)c(OCOC)c(OC)c1OC. The monoisotopic (exact) mass is 1110 g/mol. The Hall–Kier alpha value is -5.09. The fraction of sp³-hybridized carbons (Fsp3) is 0.543. The minimum atomic E-state index is -3.71. The number of hydrogen-bond acceptors (Lipinski definition) is 8. The molecule has 0 radical (unpaired) electrons. The number of ether oxygens (including phenoxy) is 6. The highest BCUT2D eigenvalue weighted by molar-refractivity contribution is 7.92. The second kappa shape index (κ2) is 39.3. The standard InChI is InChI=1S/C70H106O8S/c1-52(2)26-18-27-53(3)28-19-29-54(4)30-20-31-55(5)32-21-33-56(6)34-22-35-57(7)36-23-37-58(8)38-24-39-59(9)40-25-41-61(11)48-65(79(71,72)64-45-42-60(10)43-46-64)49-62(12)44-47-66-63(13)67(77-50-73-14)69(75-16)70(76-17)68(66)78-51-74-15/h26,28,30,32,34,36,38,40,42-46,48,65H,18-25,27,29,31,33,35,37,39,41,47,49-51H2,1-17H3/b53-28+,54-30+,55-32+,56-34+,57-36+,58-38+,59-40+,61-48+,62-44+. The maximum Gasteiger partial charge on any atom is 0.207 e. The van der Waals surface area contributed by atoms with E-state index in [-0.39, 0.29) is 13.6 Å². The van der Waals surface area contributed by atoms with Crippen molar-refractivity contribution in [2.45, 2.75) is 216 Å². The summed E-state index contributed by atoms with van der Waals surface area (Å²) in [4.78, 5) is 0.319. The molecule has 0 saturated heterocycles. The molecule has 1 atom stereocenters. The quantitative estimate of drug-likeness (QED) is 0.0483. The normalized spacial score (nSPS) is 14.2. The highest BCUT2D eigenvalue weighted by Gasteiger charge is 2.28. The molecule has 8 nitrogen and oxygen atoms in total. The first-order valence-corrected chi connectivity index (χ1v) is 30.6. The van der Waals surface area contributed by atoms with E-state index < -0.39 is 15.1 Å². The first kappa shape index (κ1) is 70.0. The molecule has 0 bridgehead atoms. The van der Waals surface area contributed by atoms with Crippen LogP contribution in [0.2, 0.25) is 0 Å². The van der Waals surface area contributed by atoms with Crippen molar-refractivity contribution in [1.82, 2.24) is 0 Å². The third kappa shape index (κ3) is 28.3. The van der Waals surface area contributed by atoms with Crippen LogP contribution in [0.5, 0.6) is 23.0 Å². The van der Waals surface area contributed by atoms with E-state index in [2.05, 4.69) is 111 Å². The summed E-state index contributed by atoms with van der Waals surface area (Å²) in [5, 5.41) is -0.753. The van der Waals surface area contributed by atoms with Crippen LogP contribution >= 0.6 is 0 Å². The van der Waals surface area contributed by atoms with Crippen LogP contribution in [0.3, 0.4) is 0 Å². The number of hydrogen-bond donors (Lipinski definition) is 0. The summed E-state index contributed by atoms with van der Waals surface area (Å²) in [7, 11) is 2.49. The van der Waals surface area contributed by atoms with E-state index >= 15 is 0 Å². The van der Waals surface area contributed by atoms with Gasteiger partial charge in [-0.15, -0.1) is 0 Å². The summed E-state index contributed by atoms with van der Waals surface area (Å²) in [6, 6.07) is 7.15. The van der Waals surface area contributed by atoms with Gasteiger partial charge in [-0.2, -0.15) is 0 Å². The van der Waals surface area contributed by atoms with Crippen molar-refractivity contribution in [2.24, 2.45) is 0 Å². The molecule has 0 aliphatic rings. The number of methoxy groups -OCH3 is 4. The molecule has 0 fully saturated rings. The molecule has 1 unspecified atom stereocenters. The molecule has 0 amide bonds. The molecule has 2 rings (SSSR count). The van der Waals surface area contributed by atoms with Crippen LogP contribution in [-0.2, 0) is 25.7 Å². The van der Waals surface area contributed by atoms with Crippen molar-refractivity contribution < 1.29 is 36.8 Å². The van der Waals surface area contributed by atoms with Crippen LogP contribution in [0.4, 0.5) is 0 Å². The molecule has 0 N–H and O–H groups in total. The van der Waals surface area contributed by atoms with Gasteiger partial charge in [-0.05, 0) is 218 Å². The van der Waals surface area contributed by atoms with E-state index in [9.17, 15) is 8.42 Å². The Morgan fingerprint density at radius 1 is 0.430 bits per heavy atom. The molecular formula is C70H106O8S. The second-order valence-corrected chi connectivity index (χ2v) is 24.4. The summed E-state index contributed by atoms with van der Waals surface area (Å²) in [6.07, 6.45) is 41.2. The van der Waals surface area contributed by atoms with Gasteiger partial charge in [0.05, 0.1) is 24.4 Å². The maximum atomic E-state index is 14.4. The Kier molecular flexibility index (Phi) is 34.9. The zero-order valence-electron chi connectivity index (χ0n) is 52.5. The molecule has 440 valence electrons. The third-order valence-electron chi connectivity index (χ3n) is 14.4. The predicted molar refractivity (Wildman–Crippen MR) is 337 cm³/mol. The zero-order valence-corrected chi connectivity index (χ0v) is 53.3. The molecule has 79 heavy (non-hydrogen) atoms. The first-order chi connectivity index (χ1) is 37.7. The van der Waals surface area contributed by atoms with E-state index in [1.807, 2.05) is 52.0 Å². The van der Waals surface area contributed by atoms with Crippen molar-refractivity contribution in [2.75, 3.05) is 42.0 Å². The molecule has 0 aromatic heterocycles. The Morgan fingerprint density at radius 2 is 0.772 bits per heavy atom. The maximum absolute atomic E-state index is 14.4. The van der Waals surface area contributed by atoms with Gasteiger partial charge in [0.2, 0.25) is 11.5 Å². The third-order valence-corrected chi connectivity index (χ3v) is 16.5. The van der Waals surface area contributed by atoms with Gasteiger partial charge < -0.3 is 28.4 Å². The Morgan fingerprint density at radius 3 is 1.13 bits per heavy atom. The van der Waals surface area contributed by atoms with Crippen molar-refractivity contribution in [1.29, 1.82) is 0 Å². The molecule has 9 heteroatoms. The second-order valence-electron chi connectivity index (χ2n) is 22.2. The lowest BCUT2D eigenvalue weighted by molar-refractivity contribution is 0.0439. The van der Waals surface area contributed by atoms with Crippen molar-refractivity contribution in [3.63, 3.8) is 0 Å². The number of sulfone groups is 1. The average molecular weight is 1110 g/mol. The van der Waals surface area contributed by atoms with Gasteiger partial charge in [-0.25, -0.2) is 8.42 Å². The number of benzene rings is 2. The lowest BCUT2D eigenvalue weighted by Gasteiger charge is -2.23. The largest absolute Gasteiger partial charge is 0.490 e. The van der Waals surface area contributed by atoms with Gasteiger partial charge in [-0.3, -0.25) is 0 Å². The van der Waals surface area contributed by atoms with Crippen molar-refractivity contribution in [3.05, 3.63) is 157 Å². The molecular weight excluding hydrogens is 1000 g/mol. The Labute approximate surface area is 482 Å². The van der Waals surface area contributed by atoms with Crippen LogP contribution in [-0.4, -0.2) is 55.7 Å². The van der Waals surface area contributed by atoms with Gasteiger partial charge >= 0.3 is 0 Å². The minimum Gasteiger partial charge on any atom is -0.490 e. The van der Waals surface area contributed by atoms with Crippen LogP contribution in [0.1, 0.15) is 202 Å². The van der Waals surface area contributed by atoms with Crippen LogP contribution in [0.15, 0.2) is 146 Å². The van der Waals surface area contributed by atoms with Crippen molar-refractivity contribution in [3.8, 4) is 23.0 Å². The zero-order chi connectivity index (χ0) is 58.8. The van der Waals surface area contributed by atoms with E-state index in [0.29, 0.717) is 40.7 Å². The summed E-state index contributed by atoms with van der Waals surface area (Å²) >= 11 is 0. The highest BCUT2D eigenvalue weighted by Crippen LogP contribution is 2.50. The van der Waals surface area contributed by atoms with E-state index in [0.717, 1.165) is 124 Å². The number of rotatable bonds is 39. The van der Waals surface area contributed by atoms with Crippen LogP contribution < -0.4 is 18.9 Å².